The summed E-state index contributed by atoms with van der Waals surface area (Å²) >= 11 is 0. The van der Waals surface area contributed by atoms with E-state index in [4.69, 9.17) is 0 Å². The van der Waals surface area contributed by atoms with Crippen LogP contribution in [-0.2, 0) is 0 Å². The van der Waals surface area contributed by atoms with Gasteiger partial charge < -0.3 is 10.6 Å². The highest BCUT2D eigenvalue weighted by Gasteiger charge is 2.09. The Kier molecular flexibility index (Phi) is 5.19. The molecule has 0 aliphatic carbocycles. The van der Waals surface area contributed by atoms with Gasteiger partial charge in [-0.3, -0.25) is 9.59 Å². The molecule has 1 amide bonds. The van der Waals surface area contributed by atoms with Crippen LogP contribution in [0, 0.1) is 0 Å². The molecular weight excluding hydrogens is 280 g/mol. The van der Waals surface area contributed by atoms with Crippen LogP contribution < -0.4 is 10.6 Å². The highest BCUT2D eigenvalue weighted by atomic mass is 16.2. The Labute approximate surface area is 129 Å². The van der Waals surface area contributed by atoms with Crippen LogP contribution in [-0.4, -0.2) is 28.4 Å². The quantitative estimate of drug-likeness (QED) is 0.801. The third-order valence-corrected chi connectivity index (χ3v) is 3.00. The van der Waals surface area contributed by atoms with E-state index in [1.165, 1.54) is 6.92 Å². The normalized spacial score (nSPS) is 10.1. The number of nitrogens with one attached hydrogen (secondary N) is 2. The predicted molar refractivity (Wildman–Crippen MR) is 85.2 cm³/mol. The van der Waals surface area contributed by atoms with Gasteiger partial charge in [-0.05, 0) is 49.7 Å². The van der Waals surface area contributed by atoms with E-state index in [9.17, 15) is 9.59 Å². The van der Waals surface area contributed by atoms with Crippen molar-refractivity contribution in [2.45, 2.75) is 20.3 Å². The van der Waals surface area contributed by atoms with Gasteiger partial charge in [0.1, 0.15) is 5.82 Å². The summed E-state index contributed by atoms with van der Waals surface area (Å²) in [4.78, 5) is 23.3. The van der Waals surface area contributed by atoms with Crippen molar-refractivity contribution in [3.8, 4) is 0 Å². The van der Waals surface area contributed by atoms with E-state index >= 15 is 0 Å². The first-order valence-electron chi connectivity index (χ1n) is 7.10. The molecule has 0 bridgehead atoms. The van der Waals surface area contributed by atoms with Crippen molar-refractivity contribution in [2.24, 2.45) is 0 Å². The number of amides is 1. The zero-order chi connectivity index (χ0) is 15.9. The van der Waals surface area contributed by atoms with Gasteiger partial charge in [-0.1, -0.05) is 6.92 Å². The molecule has 2 rings (SSSR count). The average Bonchev–Trinajstić information content (AvgIpc) is 2.54. The Morgan fingerprint density at radius 3 is 2.32 bits per heavy atom. The fourth-order valence-corrected chi connectivity index (χ4v) is 1.78. The summed E-state index contributed by atoms with van der Waals surface area (Å²) in [6, 6.07) is 10.0. The van der Waals surface area contributed by atoms with Crippen molar-refractivity contribution < 1.29 is 9.59 Å². The predicted octanol–water partition coefficient (Wildman–Crippen LogP) is 2.75. The second-order valence-corrected chi connectivity index (χ2v) is 4.82. The van der Waals surface area contributed by atoms with Crippen LogP contribution in [0.1, 0.15) is 41.1 Å². The number of benzene rings is 1. The lowest BCUT2D eigenvalue weighted by Gasteiger charge is -2.06. The molecule has 1 aromatic carbocycles. The maximum absolute atomic E-state index is 12.1. The standard InChI is InChI=1S/C16H18N4O2/c1-3-10-17-15-9-8-14(19-20-15)16(22)18-13-6-4-12(5-7-13)11(2)21/h4-9H,3,10H2,1-2H3,(H,17,20)(H,18,22). The minimum absolute atomic E-state index is 0.0149. The van der Waals surface area contributed by atoms with Crippen molar-refractivity contribution in [3.63, 3.8) is 0 Å². The first-order chi connectivity index (χ1) is 10.6. The molecule has 0 atom stereocenters. The van der Waals surface area contributed by atoms with E-state index in [1.54, 1.807) is 36.4 Å². The van der Waals surface area contributed by atoms with Crippen molar-refractivity contribution >= 4 is 23.2 Å². The summed E-state index contributed by atoms with van der Waals surface area (Å²) in [7, 11) is 0. The molecule has 0 saturated heterocycles. The zero-order valence-electron chi connectivity index (χ0n) is 12.6. The smallest absolute Gasteiger partial charge is 0.276 e. The van der Waals surface area contributed by atoms with Gasteiger partial charge in [0.25, 0.3) is 5.91 Å². The third-order valence-electron chi connectivity index (χ3n) is 3.00. The summed E-state index contributed by atoms with van der Waals surface area (Å²) < 4.78 is 0. The van der Waals surface area contributed by atoms with E-state index in [0.717, 1.165) is 13.0 Å². The Morgan fingerprint density at radius 2 is 1.77 bits per heavy atom. The third kappa shape index (κ3) is 4.12. The van der Waals surface area contributed by atoms with Gasteiger partial charge in [0.05, 0.1) is 0 Å². The summed E-state index contributed by atoms with van der Waals surface area (Å²) in [5.74, 6) is 0.285. The van der Waals surface area contributed by atoms with E-state index in [1.807, 2.05) is 0 Å². The molecular formula is C16H18N4O2. The lowest BCUT2D eigenvalue weighted by Crippen LogP contribution is -2.15. The molecule has 0 unspecified atom stereocenters. The molecule has 6 heteroatoms. The van der Waals surface area contributed by atoms with E-state index in [0.29, 0.717) is 17.1 Å². The van der Waals surface area contributed by atoms with Crippen molar-refractivity contribution in [2.75, 3.05) is 17.2 Å². The number of anilines is 2. The molecule has 0 aliphatic rings. The molecule has 114 valence electrons. The SMILES string of the molecule is CCCNc1ccc(C(=O)Nc2ccc(C(C)=O)cc2)nn1. The number of Topliss-reactive ketones (excluding diaryl/α,β-unsaturated/α-hetero) is 1. The Balaban J connectivity index is 2.00. The number of hydrogen-bond acceptors (Lipinski definition) is 5. The largest absolute Gasteiger partial charge is 0.369 e. The number of ketones is 1. The fraction of sp³-hybridized carbons (Fsp3) is 0.250. The highest BCUT2D eigenvalue weighted by molar-refractivity contribution is 6.03. The summed E-state index contributed by atoms with van der Waals surface area (Å²) in [5.41, 5.74) is 1.44. The second-order valence-electron chi connectivity index (χ2n) is 4.82. The minimum atomic E-state index is -0.342. The summed E-state index contributed by atoms with van der Waals surface area (Å²) in [6.07, 6.45) is 0.986. The fourth-order valence-electron chi connectivity index (χ4n) is 1.78. The van der Waals surface area contributed by atoms with Gasteiger partial charge in [-0.15, -0.1) is 10.2 Å². The molecule has 2 N–H and O–H groups in total. The van der Waals surface area contributed by atoms with Gasteiger partial charge in [0.15, 0.2) is 11.5 Å². The summed E-state index contributed by atoms with van der Waals surface area (Å²) in [6.45, 7) is 4.36. The van der Waals surface area contributed by atoms with Crippen molar-refractivity contribution in [1.29, 1.82) is 0 Å². The van der Waals surface area contributed by atoms with Crippen LogP contribution in [0.25, 0.3) is 0 Å². The highest BCUT2D eigenvalue weighted by Crippen LogP contribution is 2.11. The van der Waals surface area contributed by atoms with Crippen LogP contribution in [0.3, 0.4) is 0 Å². The molecule has 0 aliphatic heterocycles. The maximum atomic E-state index is 12.1. The molecule has 0 saturated carbocycles. The lowest BCUT2D eigenvalue weighted by molar-refractivity contribution is 0.101. The van der Waals surface area contributed by atoms with Gasteiger partial charge in [0.2, 0.25) is 0 Å². The molecule has 2 aromatic rings. The van der Waals surface area contributed by atoms with Crippen LogP contribution >= 0.6 is 0 Å². The summed E-state index contributed by atoms with van der Waals surface area (Å²) in [5, 5.41) is 13.6. The molecule has 0 radical (unpaired) electrons. The van der Waals surface area contributed by atoms with Crippen LogP contribution in [0.5, 0.6) is 0 Å². The van der Waals surface area contributed by atoms with Gasteiger partial charge in [0, 0.05) is 17.8 Å². The van der Waals surface area contributed by atoms with E-state index < -0.39 is 0 Å². The van der Waals surface area contributed by atoms with Crippen LogP contribution in [0.15, 0.2) is 36.4 Å². The number of nitrogens with zero attached hydrogens (tertiary/aromatic N) is 2. The second kappa shape index (κ2) is 7.31. The minimum Gasteiger partial charge on any atom is -0.369 e. The molecule has 22 heavy (non-hydrogen) atoms. The number of carbonyl (C=O) groups is 2. The number of rotatable bonds is 6. The Bertz CT molecular complexity index is 651. The molecule has 6 nitrogen and oxygen atoms in total. The number of aromatic nitrogens is 2. The van der Waals surface area contributed by atoms with Crippen molar-refractivity contribution in [1.82, 2.24) is 10.2 Å². The van der Waals surface area contributed by atoms with Gasteiger partial charge in [-0.2, -0.15) is 0 Å². The average molecular weight is 298 g/mol. The van der Waals surface area contributed by atoms with Crippen LogP contribution in [0.4, 0.5) is 11.5 Å². The Morgan fingerprint density at radius 1 is 1.05 bits per heavy atom. The molecule has 0 spiro atoms. The number of hydrogen-bond donors (Lipinski definition) is 2. The van der Waals surface area contributed by atoms with Gasteiger partial charge in [-0.25, -0.2) is 0 Å². The first-order valence-corrected chi connectivity index (χ1v) is 7.10. The molecule has 1 aromatic heterocycles. The topological polar surface area (TPSA) is 84.0 Å². The maximum Gasteiger partial charge on any atom is 0.276 e. The molecule has 0 fully saturated rings. The zero-order valence-corrected chi connectivity index (χ0v) is 12.6. The number of carbonyl (C=O) groups excluding carboxylic acids is 2. The molecule has 1 heterocycles. The van der Waals surface area contributed by atoms with Crippen molar-refractivity contribution in [3.05, 3.63) is 47.7 Å². The van der Waals surface area contributed by atoms with E-state index in [-0.39, 0.29) is 17.4 Å². The van der Waals surface area contributed by atoms with Crippen LogP contribution in [0.2, 0.25) is 0 Å². The monoisotopic (exact) mass is 298 g/mol. The first kappa shape index (κ1) is 15.6. The lowest BCUT2D eigenvalue weighted by atomic mass is 10.1. The van der Waals surface area contributed by atoms with E-state index in [2.05, 4.69) is 27.8 Å². The Hall–Kier alpha value is -2.76. The van der Waals surface area contributed by atoms with Gasteiger partial charge >= 0.3 is 0 Å².